The number of aryl methyl sites for hydroxylation is 2. The number of carbonyl (C=O) groups is 1. The molecular formula is C27H26F2N3NaO3. The molecule has 0 bridgehead atoms. The quantitative estimate of drug-likeness (QED) is 0.409. The first-order chi connectivity index (χ1) is 16.7. The standard InChI is InChI=1S/C27H27F2N3O3.Na/c1-15-24(16(2)35-32-15)22-14-31-26-21(19-5-3-17(4-6-19)12-23(33)34)13-30-25(26)20(22)11-18-7-9-27(28,29)10-8-18;/h3-6,13-14,18,30H,7-12H2,1-2H3,(H,33,34);/q;+1/p-1. The van der Waals surface area contributed by atoms with Crippen LogP contribution < -0.4 is 34.7 Å². The van der Waals surface area contributed by atoms with Crippen LogP contribution in [0.2, 0.25) is 0 Å². The Labute approximate surface area is 229 Å². The van der Waals surface area contributed by atoms with Gasteiger partial charge in [0.15, 0.2) is 0 Å². The van der Waals surface area contributed by atoms with Crippen LogP contribution in [0.3, 0.4) is 0 Å². The number of carboxylic acids is 1. The molecule has 1 N–H and O–H groups in total. The van der Waals surface area contributed by atoms with Gasteiger partial charge in [0, 0.05) is 54.3 Å². The summed E-state index contributed by atoms with van der Waals surface area (Å²) in [6.45, 7) is 3.74. The second-order valence-electron chi connectivity index (χ2n) is 9.52. The molecule has 1 aliphatic carbocycles. The summed E-state index contributed by atoms with van der Waals surface area (Å²) < 4.78 is 33.0. The fourth-order valence-corrected chi connectivity index (χ4v) is 5.20. The maximum atomic E-state index is 13.8. The van der Waals surface area contributed by atoms with Crippen LogP contribution in [0.25, 0.3) is 33.3 Å². The van der Waals surface area contributed by atoms with E-state index >= 15 is 0 Å². The van der Waals surface area contributed by atoms with Gasteiger partial charge >= 0.3 is 29.6 Å². The molecule has 0 saturated heterocycles. The summed E-state index contributed by atoms with van der Waals surface area (Å²) in [4.78, 5) is 19.1. The summed E-state index contributed by atoms with van der Waals surface area (Å²) in [6.07, 6.45) is 5.01. The van der Waals surface area contributed by atoms with E-state index < -0.39 is 11.9 Å². The number of hydrogen-bond acceptors (Lipinski definition) is 5. The number of aromatic nitrogens is 3. The molecule has 1 saturated carbocycles. The Morgan fingerprint density at radius 1 is 1.17 bits per heavy atom. The molecule has 1 aromatic carbocycles. The molecule has 0 unspecified atom stereocenters. The van der Waals surface area contributed by atoms with Crippen LogP contribution in [0.4, 0.5) is 8.78 Å². The van der Waals surface area contributed by atoms with E-state index in [4.69, 9.17) is 9.51 Å². The van der Waals surface area contributed by atoms with Crippen molar-refractivity contribution in [1.82, 2.24) is 15.1 Å². The number of nitrogens with one attached hydrogen (secondary N) is 1. The molecule has 6 nitrogen and oxygen atoms in total. The zero-order valence-electron chi connectivity index (χ0n) is 20.7. The molecule has 3 heterocycles. The fourth-order valence-electron chi connectivity index (χ4n) is 5.20. The van der Waals surface area contributed by atoms with Gasteiger partial charge in [0.05, 0.1) is 16.7 Å². The number of aliphatic carboxylic acids is 1. The largest absolute Gasteiger partial charge is 1.00 e. The molecule has 0 aliphatic heterocycles. The molecule has 0 atom stereocenters. The third-order valence-corrected chi connectivity index (χ3v) is 7.05. The van der Waals surface area contributed by atoms with Crippen molar-refractivity contribution in [2.75, 3.05) is 0 Å². The molecule has 4 aromatic rings. The Bertz CT molecular complexity index is 1370. The summed E-state index contributed by atoms with van der Waals surface area (Å²) >= 11 is 0. The second kappa shape index (κ2) is 10.4. The maximum absolute atomic E-state index is 13.8. The molecule has 0 spiro atoms. The van der Waals surface area contributed by atoms with Gasteiger partial charge in [-0.3, -0.25) is 4.98 Å². The van der Waals surface area contributed by atoms with Crippen LogP contribution in [-0.2, 0) is 17.6 Å². The van der Waals surface area contributed by atoms with Gasteiger partial charge in [-0.2, -0.15) is 0 Å². The third kappa shape index (κ3) is 5.26. The second-order valence-corrected chi connectivity index (χ2v) is 9.52. The van der Waals surface area contributed by atoms with E-state index in [0.717, 1.165) is 44.5 Å². The van der Waals surface area contributed by atoms with Crippen LogP contribution in [0, 0.1) is 19.8 Å². The first-order valence-corrected chi connectivity index (χ1v) is 11.8. The van der Waals surface area contributed by atoms with E-state index in [1.165, 1.54) is 0 Å². The van der Waals surface area contributed by atoms with Crippen molar-refractivity contribution in [3.63, 3.8) is 0 Å². The molecule has 1 fully saturated rings. The Kier molecular flexibility index (Phi) is 7.69. The maximum Gasteiger partial charge on any atom is 1.00 e. The molecule has 3 aromatic heterocycles. The number of aromatic amines is 1. The van der Waals surface area contributed by atoms with Crippen molar-refractivity contribution in [1.29, 1.82) is 0 Å². The number of pyridine rings is 1. The average molecular weight is 502 g/mol. The average Bonchev–Trinajstić information content (AvgIpc) is 3.39. The Morgan fingerprint density at radius 2 is 1.86 bits per heavy atom. The van der Waals surface area contributed by atoms with Gasteiger partial charge in [-0.15, -0.1) is 0 Å². The summed E-state index contributed by atoms with van der Waals surface area (Å²) in [5.41, 5.74) is 7.69. The van der Waals surface area contributed by atoms with Crippen LogP contribution >= 0.6 is 0 Å². The van der Waals surface area contributed by atoms with Crippen LogP contribution in [0.1, 0.15) is 48.3 Å². The van der Waals surface area contributed by atoms with Crippen LogP contribution in [-0.4, -0.2) is 27.0 Å². The van der Waals surface area contributed by atoms with E-state index in [2.05, 4.69) is 10.1 Å². The summed E-state index contributed by atoms with van der Waals surface area (Å²) in [5, 5.41) is 15.0. The van der Waals surface area contributed by atoms with Gasteiger partial charge in [-0.25, -0.2) is 8.78 Å². The number of benzene rings is 1. The Balaban J connectivity index is 0.00000304. The molecule has 182 valence electrons. The van der Waals surface area contributed by atoms with Gasteiger partial charge in [0.2, 0.25) is 5.92 Å². The van der Waals surface area contributed by atoms with Crippen LogP contribution in [0.5, 0.6) is 0 Å². The first kappa shape index (κ1) is 26.5. The van der Waals surface area contributed by atoms with Crippen molar-refractivity contribution in [2.24, 2.45) is 5.92 Å². The Morgan fingerprint density at radius 3 is 2.47 bits per heavy atom. The topological polar surface area (TPSA) is 94.8 Å². The molecule has 0 radical (unpaired) electrons. The number of carboxylic acid groups (broad SMARTS) is 1. The number of carbonyl (C=O) groups excluding carboxylic acids is 1. The first-order valence-electron chi connectivity index (χ1n) is 11.8. The predicted octanol–water partition coefficient (Wildman–Crippen LogP) is 2.17. The molecule has 5 rings (SSSR count). The van der Waals surface area contributed by atoms with Crippen molar-refractivity contribution in [2.45, 2.75) is 58.3 Å². The van der Waals surface area contributed by atoms with Gasteiger partial charge in [0.25, 0.3) is 0 Å². The molecular weight excluding hydrogens is 475 g/mol. The zero-order valence-corrected chi connectivity index (χ0v) is 22.7. The Hall–Kier alpha value is -2.55. The van der Waals surface area contributed by atoms with Crippen molar-refractivity contribution >= 4 is 17.0 Å². The van der Waals surface area contributed by atoms with Gasteiger partial charge in [-0.05, 0) is 55.7 Å². The van der Waals surface area contributed by atoms with Crippen molar-refractivity contribution < 1.29 is 52.8 Å². The number of hydrogen-bond donors (Lipinski definition) is 1. The third-order valence-electron chi connectivity index (χ3n) is 7.05. The molecule has 36 heavy (non-hydrogen) atoms. The fraction of sp³-hybridized carbons (Fsp3) is 0.370. The number of rotatable bonds is 6. The minimum Gasteiger partial charge on any atom is -0.550 e. The van der Waals surface area contributed by atoms with E-state index in [1.807, 2.05) is 38.4 Å². The SMILES string of the molecule is Cc1noc(C)c1-c1cnc2c(-c3ccc(CC(=O)[O-])cc3)c[nH]c2c1CC1CCC(F)(F)CC1.[Na+]. The van der Waals surface area contributed by atoms with E-state index in [-0.39, 0.29) is 54.7 Å². The summed E-state index contributed by atoms with van der Waals surface area (Å²) in [5.74, 6) is -2.86. The van der Waals surface area contributed by atoms with Gasteiger partial charge in [-0.1, -0.05) is 29.4 Å². The number of nitrogens with zero attached hydrogens (tertiary/aromatic N) is 2. The normalized spacial score (nSPS) is 15.7. The summed E-state index contributed by atoms with van der Waals surface area (Å²) in [6, 6.07) is 7.28. The zero-order chi connectivity index (χ0) is 24.7. The smallest absolute Gasteiger partial charge is 0.550 e. The summed E-state index contributed by atoms with van der Waals surface area (Å²) in [7, 11) is 0. The van der Waals surface area contributed by atoms with Gasteiger partial charge in [0.1, 0.15) is 5.76 Å². The number of fused-ring (bicyclic) bond motifs is 1. The number of H-pyrrole nitrogens is 1. The van der Waals surface area contributed by atoms with E-state index in [0.29, 0.717) is 30.6 Å². The monoisotopic (exact) mass is 501 g/mol. The van der Waals surface area contributed by atoms with Gasteiger partial charge < -0.3 is 19.4 Å². The number of halogens is 2. The minimum atomic E-state index is -2.57. The van der Waals surface area contributed by atoms with Crippen molar-refractivity contribution in [3.8, 4) is 22.3 Å². The molecule has 9 heteroatoms. The molecule has 1 aliphatic rings. The predicted molar refractivity (Wildman–Crippen MR) is 126 cm³/mol. The number of alkyl halides is 2. The van der Waals surface area contributed by atoms with Crippen molar-refractivity contribution in [3.05, 3.63) is 59.2 Å². The molecule has 0 amide bonds. The van der Waals surface area contributed by atoms with Crippen LogP contribution in [0.15, 0.2) is 41.2 Å². The van der Waals surface area contributed by atoms with E-state index in [1.54, 1.807) is 12.1 Å². The van der Waals surface area contributed by atoms with E-state index in [9.17, 15) is 18.7 Å². The minimum absolute atomic E-state index is 0.